The van der Waals surface area contributed by atoms with Crippen LogP contribution in [0.4, 0.5) is 35.5 Å². The van der Waals surface area contributed by atoms with Gasteiger partial charge in [-0.1, -0.05) is 23.7 Å². The zero-order chi connectivity index (χ0) is 43.0. The Morgan fingerprint density at radius 3 is 2.29 bits per heavy atom. The number of rotatable bonds is 17. The molecule has 1 aliphatic heterocycles. The number of alkyl halides is 3. The number of carbonyl (C=O) groups is 5. The number of ketones is 1. The number of halogens is 4. The van der Waals surface area contributed by atoms with Crippen LogP contribution in [-0.4, -0.2) is 98.7 Å². The molecule has 2 fully saturated rings. The highest BCUT2D eigenvalue weighted by Gasteiger charge is 2.45. The van der Waals surface area contributed by atoms with Gasteiger partial charge in [0.05, 0.1) is 5.54 Å². The second-order valence-corrected chi connectivity index (χ2v) is 15.8. The van der Waals surface area contributed by atoms with Crippen molar-refractivity contribution in [2.45, 2.75) is 89.1 Å². The first-order valence-corrected chi connectivity index (χ1v) is 19.3. The lowest BCUT2D eigenvalue weighted by atomic mass is 9.92. The van der Waals surface area contributed by atoms with Crippen LogP contribution in [0.25, 0.3) is 0 Å². The molecule has 1 aromatic heterocycles. The molecule has 0 bridgehead atoms. The van der Waals surface area contributed by atoms with E-state index in [0.717, 1.165) is 18.4 Å². The molecule has 1 saturated carbocycles. The van der Waals surface area contributed by atoms with Gasteiger partial charge in [-0.25, -0.2) is 9.59 Å². The van der Waals surface area contributed by atoms with Gasteiger partial charge < -0.3 is 40.7 Å². The van der Waals surface area contributed by atoms with E-state index < -0.39 is 65.6 Å². The summed E-state index contributed by atoms with van der Waals surface area (Å²) >= 11 is 6.03. The summed E-state index contributed by atoms with van der Waals surface area (Å²) in [7, 11) is 0. The molecular weight excluding hydrogens is 801 g/mol. The number of nitrogens with zero attached hydrogens (tertiary/aromatic N) is 4. The fourth-order valence-electron chi connectivity index (χ4n) is 6.28. The van der Waals surface area contributed by atoms with E-state index in [-0.39, 0.29) is 42.8 Å². The number of hydrogen-bond acceptors (Lipinski definition) is 12. The van der Waals surface area contributed by atoms with Crippen LogP contribution < -0.4 is 26.0 Å². The third-order valence-corrected chi connectivity index (χ3v) is 9.66. The number of carboxylic acids is 1. The standard InChI is InChI=1S/C39H46ClF3N8O8/c1-37(2,3)59-36(57)51-20-4-5-23(21-51)6-15-29(52)31(54)44-19-16-28(32(55)56)46-30(53)24-7-13-27(14-8-24)45-33-47-34(49-35(48-33)58-22-39(41,42)43)50-38(17-18-38)25-9-11-26(40)12-10-25/h7-14,23,28H,4-6,15-22H2,1-3H3,(H,44,54)(H,46,53)(H,55,56)(H2,45,47,48,49,50)/t23?,28-/m0/s1. The number of likely N-dealkylation sites (tertiary alicyclic amines) is 1. The molecule has 318 valence electrons. The van der Waals surface area contributed by atoms with Crippen molar-refractivity contribution in [3.05, 3.63) is 64.7 Å². The van der Waals surface area contributed by atoms with Gasteiger partial charge >= 0.3 is 24.2 Å². The summed E-state index contributed by atoms with van der Waals surface area (Å²) in [6, 6.07) is 10.7. The third-order valence-electron chi connectivity index (χ3n) is 9.41. The van der Waals surface area contributed by atoms with E-state index in [2.05, 4.69) is 36.2 Å². The van der Waals surface area contributed by atoms with Gasteiger partial charge in [-0.3, -0.25) is 14.4 Å². The van der Waals surface area contributed by atoms with E-state index >= 15 is 0 Å². The molecule has 5 N–H and O–H groups in total. The molecule has 2 heterocycles. The number of amides is 3. The maximum atomic E-state index is 13.0. The number of aliphatic carboxylic acids is 1. The SMILES string of the molecule is CC(C)(C)OC(=O)N1CCCC(CCC(=O)C(=O)NCC[C@H](NC(=O)c2ccc(Nc3nc(NC4(c5ccc(Cl)cc5)CC4)nc(OCC(F)(F)F)n3)cc2)C(=O)O)C1. The molecule has 1 aliphatic carbocycles. The average Bonchev–Trinajstić information content (AvgIpc) is 3.95. The van der Waals surface area contributed by atoms with Crippen molar-refractivity contribution in [3.8, 4) is 6.01 Å². The summed E-state index contributed by atoms with van der Waals surface area (Å²) in [6.07, 6.45) is -2.02. The van der Waals surface area contributed by atoms with Crippen LogP contribution in [0.15, 0.2) is 48.5 Å². The highest BCUT2D eigenvalue weighted by atomic mass is 35.5. The fraction of sp³-hybridized carbons (Fsp3) is 0.487. The van der Waals surface area contributed by atoms with Crippen molar-refractivity contribution < 1.29 is 51.7 Å². The van der Waals surface area contributed by atoms with Gasteiger partial charge in [0.25, 0.3) is 11.8 Å². The first-order valence-electron chi connectivity index (χ1n) is 19.0. The zero-order valence-electron chi connectivity index (χ0n) is 32.7. The molecule has 3 aromatic rings. The second kappa shape index (κ2) is 18.9. The number of piperidine rings is 1. The zero-order valence-corrected chi connectivity index (χ0v) is 33.4. The minimum absolute atomic E-state index is 0.0175. The summed E-state index contributed by atoms with van der Waals surface area (Å²) in [6.45, 7) is 4.46. The lowest BCUT2D eigenvalue weighted by Crippen LogP contribution is -2.44. The minimum Gasteiger partial charge on any atom is -0.480 e. The van der Waals surface area contributed by atoms with Crippen LogP contribution in [0.5, 0.6) is 6.01 Å². The molecule has 16 nitrogen and oxygen atoms in total. The third kappa shape index (κ3) is 13.7. The Morgan fingerprint density at radius 2 is 1.66 bits per heavy atom. The number of carbonyl (C=O) groups excluding carboxylic acids is 4. The van der Waals surface area contributed by atoms with Crippen LogP contribution in [-0.2, 0) is 24.7 Å². The number of aromatic nitrogens is 3. The summed E-state index contributed by atoms with van der Waals surface area (Å²) in [5.41, 5.74) is 0.0697. The molecule has 3 amide bonds. The summed E-state index contributed by atoms with van der Waals surface area (Å²) < 4.78 is 49.2. The molecular formula is C39H46ClF3N8O8. The Hall–Kier alpha value is -5.72. The highest BCUT2D eigenvalue weighted by Crippen LogP contribution is 2.48. The van der Waals surface area contributed by atoms with Gasteiger partial charge in [-0.2, -0.15) is 28.1 Å². The Labute approximate surface area is 343 Å². The van der Waals surface area contributed by atoms with E-state index in [4.69, 9.17) is 21.1 Å². The van der Waals surface area contributed by atoms with Crippen LogP contribution in [0.2, 0.25) is 5.02 Å². The molecule has 5 rings (SSSR count). The summed E-state index contributed by atoms with van der Waals surface area (Å²) in [4.78, 5) is 76.3. The smallest absolute Gasteiger partial charge is 0.422 e. The van der Waals surface area contributed by atoms with E-state index in [0.29, 0.717) is 43.1 Å². The van der Waals surface area contributed by atoms with Crippen molar-refractivity contribution in [3.63, 3.8) is 0 Å². The molecule has 20 heteroatoms. The molecule has 2 aliphatic rings. The predicted octanol–water partition coefficient (Wildman–Crippen LogP) is 6.00. The van der Waals surface area contributed by atoms with Gasteiger partial charge in [0.2, 0.25) is 17.7 Å². The van der Waals surface area contributed by atoms with Crippen molar-refractivity contribution in [1.82, 2.24) is 30.5 Å². The van der Waals surface area contributed by atoms with Crippen LogP contribution >= 0.6 is 11.6 Å². The van der Waals surface area contributed by atoms with Crippen LogP contribution in [0, 0.1) is 5.92 Å². The lowest BCUT2D eigenvalue weighted by Gasteiger charge is -2.34. The monoisotopic (exact) mass is 846 g/mol. The summed E-state index contributed by atoms with van der Waals surface area (Å²) in [5.74, 6) is -3.85. The van der Waals surface area contributed by atoms with Gasteiger partial charge in [-0.05, 0) is 107 Å². The van der Waals surface area contributed by atoms with E-state index in [9.17, 15) is 42.3 Å². The number of hydrogen-bond donors (Lipinski definition) is 5. The molecule has 0 spiro atoms. The molecule has 2 aromatic carbocycles. The molecule has 0 radical (unpaired) electrons. The van der Waals surface area contributed by atoms with Crippen molar-refractivity contribution in [2.75, 3.05) is 36.9 Å². The Morgan fingerprint density at radius 1 is 0.983 bits per heavy atom. The Balaban J connectivity index is 1.12. The largest absolute Gasteiger partial charge is 0.480 e. The Kier molecular flexibility index (Phi) is 14.2. The van der Waals surface area contributed by atoms with E-state index in [1.54, 1.807) is 37.8 Å². The van der Waals surface area contributed by atoms with Gasteiger partial charge in [-0.15, -0.1) is 0 Å². The average molecular weight is 847 g/mol. The number of ether oxygens (including phenoxy) is 2. The normalized spacial score (nSPS) is 16.6. The van der Waals surface area contributed by atoms with E-state index in [1.807, 2.05) is 12.1 Å². The lowest BCUT2D eigenvalue weighted by molar-refractivity contribution is -0.154. The topological polar surface area (TPSA) is 214 Å². The fourth-order valence-corrected chi connectivity index (χ4v) is 6.40. The molecule has 2 atom stereocenters. The maximum Gasteiger partial charge on any atom is 0.422 e. The predicted molar refractivity (Wildman–Crippen MR) is 208 cm³/mol. The van der Waals surface area contributed by atoms with E-state index in [1.165, 1.54) is 24.3 Å². The molecule has 1 unspecified atom stereocenters. The highest BCUT2D eigenvalue weighted by molar-refractivity contribution is 6.36. The first kappa shape index (κ1) is 44.4. The van der Waals surface area contributed by atoms with Gasteiger partial charge in [0.15, 0.2) is 6.61 Å². The van der Waals surface area contributed by atoms with Crippen molar-refractivity contribution >= 4 is 58.8 Å². The van der Waals surface area contributed by atoms with Gasteiger partial charge in [0, 0.05) is 42.3 Å². The number of nitrogens with one attached hydrogen (secondary N) is 4. The van der Waals surface area contributed by atoms with Crippen LogP contribution in [0.1, 0.15) is 81.6 Å². The number of Topliss-reactive ketones (excluding diaryl/α,β-unsaturated/α-hetero) is 1. The van der Waals surface area contributed by atoms with Crippen LogP contribution in [0.3, 0.4) is 0 Å². The van der Waals surface area contributed by atoms with Crippen molar-refractivity contribution in [1.29, 1.82) is 0 Å². The molecule has 59 heavy (non-hydrogen) atoms. The van der Waals surface area contributed by atoms with Gasteiger partial charge in [0.1, 0.15) is 11.6 Å². The maximum absolute atomic E-state index is 13.0. The number of carboxylic acid groups (broad SMARTS) is 1. The van der Waals surface area contributed by atoms with Crippen molar-refractivity contribution in [2.24, 2.45) is 5.92 Å². The first-order chi connectivity index (χ1) is 27.8. The molecule has 1 saturated heterocycles. The minimum atomic E-state index is -4.65. The second-order valence-electron chi connectivity index (χ2n) is 15.4. The number of anilines is 3. The Bertz CT molecular complexity index is 1990. The summed E-state index contributed by atoms with van der Waals surface area (Å²) in [5, 5.41) is 21.1. The quantitative estimate of drug-likeness (QED) is 0.0988. The number of benzene rings is 2.